The molecule has 4 aromatic rings. The predicted molar refractivity (Wildman–Crippen MR) is 107 cm³/mol. The van der Waals surface area contributed by atoms with Gasteiger partial charge in [-0.25, -0.2) is 9.37 Å². The molecule has 3 aromatic carbocycles. The molecule has 28 heavy (non-hydrogen) atoms. The number of nitrogens with zero attached hydrogens (tertiary/aromatic N) is 1. The normalized spacial score (nSPS) is 10.6. The first kappa shape index (κ1) is 17.9. The van der Waals surface area contributed by atoms with Crippen LogP contribution in [0.4, 0.5) is 10.1 Å². The van der Waals surface area contributed by atoms with E-state index in [2.05, 4.69) is 10.3 Å². The molecule has 138 valence electrons. The van der Waals surface area contributed by atoms with Gasteiger partial charge in [0, 0.05) is 16.8 Å². The van der Waals surface area contributed by atoms with Crippen LogP contribution in [0.15, 0.2) is 83.5 Å². The fourth-order valence-corrected chi connectivity index (χ4v) is 2.92. The van der Waals surface area contributed by atoms with Gasteiger partial charge in [0.15, 0.2) is 0 Å². The highest BCUT2D eigenvalue weighted by atomic mass is 35.5. The third-order valence-electron chi connectivity index (χ3n) is 4.15. The van der Waals surface area contributed by atoms with Gasteiger partial charge < -0.3 is 9.73 Å². The maximum atomic E-state index is 13.1. The molecule has 0 atom stereocenters. The second kappa shape index (κ2) is 7.66. The number of hydrogen-bond acceptors (Lipinski definition) is 3. The molecular formula is C22H14ClFN2O2. The Labute approximate surface area is 165 Å². The molecule has 0 aliphatic rings. The summed E-state index contributed by atoms with van der Waals surface area (Å²) in [6.07, 6.45) is 1.52. The molecule has 4 nitrogen and oxygen atoms in total. The summed E-state index contributed by atoms with van der Waals surface area (Å²) in [5.41, 5.74) is 3.17. The van der Waals surface area contributed by atoms with Crippen molar-refractivity contribution in [2.75, 3.05) is 5.32 Å². The Morgan fingerprint density at radius 2 is 1.61 bits per heavy atom. The molecule has 1 N–H and O–H groups in total. The fourth-order valence-electron chi connectivity index (χ4n) is 2.70. The van der Waals surface area contributed by atoms with Crippen LogP contribution >= 0.6 is 11.6 Å². The molecule has 1 heterocycles. The van der Waals surface area contributed by atoms with Gasteiger partial charge in [0.25, 0.3) is 5.91 Å². The number of hydrogen-bond donors (Lipinski definition) is 1. The number of aromatic nitrogens is 1. The molecule has 0 saturated carbocycles. The van der Waals surface area contributed by atoms with Crippen molar-refractivity contribution in [2.24, 2.45) is 0 Å². The van der Waals surface area contributed by atoms with Gasteiger partial charge in [-0.2, -0.15) is 0 Å². The molecule has 0 saturated heterocycles. The highest BCUT2D eigenvalue weighted by Gasteiger charge is 2.11. The van der Waals surface area contributed by atoms with Crippen LogP contribution in [0, 0.1) is 5.82 Å². The van der Waals surface area contributed by atoms with Crippen molar-refractivity contribution in [1.29, 1.82) is 0 Å². The van der Waals surface area contributed by atoms with E-state index >= 15 is 0 Å². The van der Waals surface area contributed by atoms with Crippen LogP contribution < -0.4 is 5.32 Å². The molecule has 4 rings (SSSR count). The first-order valence-electron chi connectivity index (χ1n) is 8.48. The van der Waals surface area contributed by atoms with Crippen molar-refractivity contribution < 1.29 is 13.6 Å². The highest BCUT2D eigenvalue weighted by Crippen LogP contribution is 2.26. The molecule has 0 aliphatic carbocycles. The van der Waals surface area contributed by atoms with E-state index in [0.29, 0.717) is 27.9 Å². The van der Waals surface area contributed by atoms with E-state index < -0.39 is 0 Å². The van der Waals surface area contributed by atoms with Crippen molar-refractivity contribution in [3.8, 4) is 22.7 Å². The largest absolute Gasteiger partial charge is 0.444 e. The molecule has 1 aromatic heterocycles. The number of amides is 1. The lowest BCUT2D eigenvalue weighted by molar-refractivity contribution is 0.102. The molecule has 0 bridgehead atoms. The Bertz CT molecular complexity index is 1120. The minimum atomic E-state index is -0.304. The molecule has 0 radical (unpaired) electrons. The van der Waals surface area contributed by atoms with Gasteiger partial charge in [-0.1, -0.05) is 23.7 Å². The standard InChI is InChI=1S/C22H14ClFN2O2/c23-19-4-2-1-3-18(19)21(27)25-17-11-7-15(8-12-17)22-26-20(13-28-22)14-5-9-16(24)10-6-14/h1-13H,(H,25,27). The molecule has 0 spiro atoms. The smallest absolute Gasteiger partial charge is 0.257 e. The van der Waals surface area contributed by atoms with E-state index in [1.807, 2.05) is 0 Å². The maximum Gasteiger partial charge on any atom is 0.257 e. The molecule has 1 amide bonds. The van der Waals surface area contributed by atoms with Crippen LogP contribution in [0.3, 0.4) is 0 Å². The van der Waals surface area contributed by atoms with E-state index in [1.165, 1.54) is 18.4 Å². The zero-order valence-electron chi connectivity index (χ0n) is 14.5. The molecule has 6 heteroatoms. The second-order valence-electron chi connectivity index (χ2n) is 6.06. The second-order valence-corrected chi connectivity index (χ2v) is 6.46. The topological polar surface area (TPSA) is 55.1 Å². The molecular weight excluding hydrogens is 379 g/mol. The van der Waals surface area contributed by atoms with E-state index in [9.17, 15) is 9.18 Å². The van der Waals surface area contributed by atoms with Crippen LogP contribution in [-0.4, -0.2) is 10.9 Å². The predicted octanol–water partition coefficient (Wildman–Crippen LogP) is 6.05. The number of carbonyl (C=O) groups is 1. The maximum absolute atomic E-state index is 13.1. The van der Waals surface area contributed by atoms with Gasteiger partial charge in [-0.3, -0.25) is 4.79 Å². The highest BCUT2D eigenvalue weighted by molar-refractivity contribution is 6.34. The zero-order chi connectivity index (χ0) is 19.5. The Morgan fingerprint density at radius 3 is 2.32 bits per heavy atom. The van der Waals surface area contributed by atoms with Crippen molar-refractivity contribution in [3.63, 3.8) is 0 Å². The summed E-state index contributed by atoms with van der Waals surface area (Å²) in [7, 11) is 0. The van der Waals surface area contributed by atoms with Gasteiger partial charge in [-0.15, -0.1) is 0 Å². The van der Waals surface area contributed by atoms with Gasteiger partial charge in [0.2, 0.25) is 5.89 Å². The third-order valence-corrected chi connectivity index (χ3v) is 4.48. The summed E-state index contributed by atoms with van der Waals surface area (Å²) in [5, 5.41) is 3.20. The van der Waals surface area contributed by atoms with Crippen LogP contribution in [0.2, 0.25) is 5.02 Å². The first-order valence-corrected chi connectivity index (χ1v) is 8.86. The minimum Gasteiger partial charge on any atom is -0.444 e. The van der Waals surface area contributed by atoms with Crippen LogP contribution in [-0.2, 0) is 0 Å². The number of anilines is 1. The fraction of sp³-hybridized carbons (Fsp3) is 0. The van der Waals surface area contributed by atoms with E-state index in [1.54, 1.807) is 60.7 Å². The quantitative estimate of drug-likeness (QED) is 0.459. The van der Waals surface area contributed by atoms with Gasteiger partial charge >= 0.3 is 0 Å². The number of carbonyl (C=O) groups excluding carboxylic acids is 1. The first-order chi connectivity index (χ1) is 13.6. The Hall–Kier alpha value is -3.44. The minimum absolute atomic E-state index is 0.284. The third kappa shape index (κ3) is 3.80. The lowest BCUT2D eigenvalue weighted by Crippen LogP contribution is -2.12. The van der Waals surface area contributed by atoms with Crippen molar-refractivity contribution in [2.45, 2.75) is 0 Å². The number of nitrogens with one attached hydrogen (secondary N) is 1. The zero-order valence-corrected chi connectivity index (χ0v) is 15.3. The van der Waals surface area contributed by atoms with Gasteiger partial charge in [-0.05, 0) is 60.7 Å². The summed E-state index contributed by atoms with van der Waals surface area (Å²) in [5.74, 6) is -0.154. The lowest BCUT2D eigenvalue weighted by Gasteiger charge is -2.07. The van der Waals surface area contributed by atoms with Gasteiger partial charge in [0.05, 0.1) is 10.6 Å². The average Bonchev–Trinajstić information content (AvgIpc) is 3.19. The van der Waals surface area contributed by atoms with Crippen LogP contribution in [0.5, 0.6) is 0 Å². The number of benzene rings is 3. The molecule has 0 fully saturated rings. The van der Waals surface area contributed by atoms with Crippen LogP contribution in [0.1, 0.15) is 10.4 Å². The Balaban J connectivity index is 1.50. The summed E-state index contributed by atoms with van der Waals surface area (Å²) in [6.45, 7) is 0. The summed E-state index contributed by atoms with van der Waals surface area (Å²) in [4.78, 5) is 16.8. The Morgan fingerprint density at radius 1 is 0.929 bits per heavy atom. The monoisotopic (exact) mass is 392 g/mol. The molecule has 0 unspecified atom stereocenters. The van der Waals surface area contributed by atoms with Crippen molar-refractivity contribution in [3.05, 3.63) is 95.5 Å². The SMILES string of the molecule is O=C(Nc1ccc(-c2nc(-c3ccc(F)cc3)co2)cc1)c1ccccc1Cl. The summed E-state index contributed by atoms with van der Waals surface area (Å²) < 4.78 is 18.6. The number of halogens is 2. The Kier molecular flexibility index (Phi) is 4.91. The lowest BCUT2D eigenvalue weighted by atomic mass is 10.1. The van der Waals surface area contributed by atoms with E-state index in [-0.39, 0.29) is 11.7 Å². The van der Waals surface area contributed by atoms with Crippen LogP contribution in [0.25, 0.3) is 22.7 Å². The summed E-state index contributed by atoms with van der Waals surface area (Å²) >= 11 is 6.05. The molecule has 0 aliphatic heterocycles. The van der Waals surface area contributed by atoms with Crippen molar-refractivity contribution in [1.82, 2.24) is 4.98 Å². The number of rotatable bonds is 4. The van der Waals surface area contributed by atoms with Gasteiger partial charge in [0.1, 0.15) is 17.8 Å². The summed E-state index contributed by atoms with van der Waals surface area (Å²) in [6, 6.07) is 20.0. The van der Waals surface area contributed by atoms with Crippen molar-refractivity contribution >= 4 is 23.2 Å². The van der Waals surface area contributed by atoms with E-state index in [4.69, 9.17) is 16.0 Å². The average molecular weight is 393 g/mol. The number of oxazole rings is 1. The van der Waals surface area contributed by atoms with E-state index in [0.717, 1.165) is 11.1 Å².